The normalized spacial score (nSPS) is 20.0. The van der Waals surface area contributed by atoms with Gasteiger partial charge in [-0.05, 0) is 30.9 Å². The van der Waals surface area contributed by atoms with E-state index in [1.807, 2.05) is 6.92 Å². The van der Waals surface area contributed by atoms with E-state index in [4.69, 9.17) is 11.1 Å². The van der Waals surface area contributed by atoms with Crippen molar-refractivity contribution in [1.29, 1.82) is 5.41 Å². The fraction of sp³-hybridized carbons (Fsp3) is 0.538. The minimum atomic E-state index is -4.49. The average Bonchev–Trinajstić information content (AvgIpc) is 2.37. The lowest BCUT2D eigenvalue weighted by Gasteiger charge is -2.33. The average molecular weight is 286 g/mol. The molecule has 0 spiro atoms. The van der Waals surface area contributed by atoms with Gasteiger partial charge in [-0.25, -0.2) is 4.98 Å². The molecule has 1 aromatic rings. The molecule has 0 aliphatic carbocycles. The summed E-state index contributed by atoms with van der Waals surface area (Å²) in [5.74, 6) is 0.290. The summed E-state index contributed by atoms with van der Waals surface area (Å²) in [5, 5.41) is 7.50. The van der Waals surface area contributed by atoms with E-state index >= 15 is 0 Å². The Hall–Kier alpha value is -1.79. The maximum absolute atomic E-state index is 12.8. The van der Waals surface area contributed by atoms with Crippen LogP contribution >= 0.6 is 0 Å². The predicted octanol–water partition coefficient (Wildman–Crippen LogP) is 2.62. The number of pyridine rings is 1. The van der Waals surface area contributed by atoms with Crippen LogP contribution in [0.15, 0.2) is 12.1 Å². The van der Waals surface area contributed by atoms with Crippen LogP contribution < -0.4 is 10.6 Å². The second-order valence-electron chi connectivity index (χ2n) is 5.17. The molecule has 1 saturated heterocycles. The Morgan fingerprint density at radius 3 is 2.70 bits per heavy atom. The molecule has 0 amide bonds. The van der Waals surface area contributed by atoms with Crippen LogP contribution in [-0.2, 0) is 6.18 Å². The summed E-state index contributed by atoms with van der Waals surface area (Å²) in [5.41, 5.74) is 4.76. The molecular formula is C13H17F3N4. The van der Waals surface area contributed by atoms with Crippen LogP contribution in [0.2, 0.25) is 0 Å². The van der Waals surface area contributed by atoms with Gasteiger partial charge in [0.1, 0.15) is 17.3 Å². The molecule has 1 aromatic heterocycles. The standard InChI is InChI=1S/C13H17F3N4/c1-8-3-2-6-20(7-8)12-9(11(17)18)4-5-10(19-12)13(14,15)16/h4-5,8H,2-3,6-7H2,1H3,(H3,17,18). The van der Waals surface area contributed by atoms with E-state index in [2.05, 4.69) is 4.98 Å². The number of nitrogens with one attached hydrogen (secondary N) is 1. The number of amidine groups is 1. The molecular weight excluding hydrogens is 269 g/mol. The van der Waals surface area contributed by atoms with Crippen molar-refractivity contribution in [3.63, 3.8) is 0 Å². The number of rotatable bonds is 2. The van der Waals surface area contributed by atoms with Crippen molar-refractivity contribution in [2.45, 2.75) is 25.9 Å². The molecule has 110 valence electrons. The summed E-state index contributed by atoms with van der Waals surface area (Å²) < 4.78 is 38.3. The number of aromatic nitrogens is 1. The van der Waals surface area contributed by atoms with E-state index in [-0.39, 0.29) is 17.2 Å². The van der Waals surface area contributed by atoms with Crippen LogP contribution in [-0.4, -0.2) is 23.9 Å². The molecule has 4 nitrogen and oxygen atoms in total. The van der Waals surface area contributed by atoms with Crippen LogP contribution in [0.5, 0.6) is 0 Å². The monoisotopic (exact) mass is 286 g/mol. The molecule has 20 heavy (non-hydrogen) atoms. The van der Waals surface area contributed by atoms with Crippen molar-refractivity contribution in [1.82, 2.24) is 4.98 Å². The van der Waals surface area contributed by atoms with Crippen molar-refractivity contribution in [3.05, 3.63) is 23.4 Å². The van der Waals surface area contributed by atoms with E-state index in [1.165, 1.54) is 6.07 Å². The smallest absolute Gasteiger partial charge is 0.384 e. The van der Waals surface area contributed by atoms with Crippen molar-refractivity contribution >= 4 is 11.7 Å². The van der Waals surface area contributed by atoms with Gasteiger partial charge >= 0.3 is 6.18 Å². The van der Waals surface area contributed by atoms with Gasteiger partial charge in [-0.2, -0.15) is 13.2 Å². The number of nitrogens with zero attached hydrogens (tertiary/aromatic N) is 2. The summed E-state index contributed by atoms with van der Waals surface area (Å²) >= 11 is 0. The Balaban J connectivity index is 2.44. The maximum Gasteiger partial charge on any atom is 0.433 e. The highest BCUT2D eigenvalue weighted by Gasteiger charge is 2.34. The van der Waals surface area contributed by atoms with Crippen LogP contribution in [0.1, 0.15) is 31.0 Å². The lowest BCUT2D eigenvalue weighted by atomic mass is 10.00. The topological polar surface area (TPSA) is 66.0 Å². The Bertz CT molecular complexity index is 513. The Morgan fingerprint density at radius 1 is 1.45 bits per heavy atom. The molecule has 0 bridgehead atoms. The molecule has 3 N–H and O–H groups in total. The predicted molar refractivity (Wildman–Crippen MR) is 70.9 cm³/mol. The zero-order valence-electron chi connectivity index (χ0n) is 11.2. The van der Waals surface area contributed by atoms with Gasteiger partial charge in [-0.1, -0.05) is 6.92 Å². The molecule has 2 rings (SSSR count). The molecule has 1 aliphatic rings. The summed E-state index contributed by atoms with van der Waals surface area (Å²) in [6.45, 7) is 3.32. The van der Waals surface area contributed by atoms with Gasteiger partial charge in [0.15, 0.2) is 0 Å². The summed E-state index contributed by atoms with van der Waals surface area (Å²) in [7, 11) is 0. The fourth-order valence-corrected chi connectivity index (χ4v) is 2.44. The second kappa shape index (κ2) is 5.30. The SMILES string of the molecule is CC1CCCN(c2nc(C(F)(F)F)ccc2C(=N)N)C1. The quantitative estimate of drug-likeness (QED) is 0.649. The summed E-state index contributed by atoms with van der Waals surface area (Å²) in [6.07, 6.45) is -2.55. The van der Waals surface area contributed by atoms with E-state index in [9.17, 15) is 13.2 Å². The third kappa shape index (κ3) is 3.02. The van der Waals surface area contributed by atoms with Gasteiger partial charge < -0.3 is 10.6 Å². The molecule has 1 fully saturated rings. The molecule has 1 aliphatic heterocycles. The van der Waals surface area contributed by atoms with E-state index in [0.717, 1.165) is 18.9 Å². The van der Waals surface area contributed by atoms with Gasteiger partial charge in [-0.15, -0.1) is 0 Å². The van der Waals surface area contributed by atoms with Crippen LogP contribution in [0.25, 0.3) is 0 Å². The lowest BCUT2D eigenvalue weighted by Crippen LogP contribution is -2.36. The first-order valence-corrected chi connectivity index (χ1v) is 6.46. The Kier molecular flexibility index (Phi) is 3.87. The van der Waals surface area contributed by atoms with E-state index < -0.39 is 11.9 Å². The molecule has 2 heterocycles. The maximum atomic E-state index is 12.8. The number of anilines is 1. The number of alkyl halides is 3. The first-order chi connectivity index (χ1) is 9.29. The number of hydrogen-bond acceptors (Lipinski definition) is 3. The first kappa shape index (κ1) is 14.6. The van der Waals surface area contributed by atoms with Gasteiger partial charge in [0.2, 0.25) is 0 Å². The number of nitrogens with two attached hydrogens (primary N) is 1. The van der Waals surface area contributed by atoms with Crippen LogP contribution in [0.4, 0.5) is 19.0 Å². The first-order valence-electron chi connectivity index (χ1n) is 6.46. The summed E-state index contributed by atoms with van der Waals surface area (Å²) in [6, 6.07) is 2.10. The molecule has 0 radical (unpaired) electrons. The van der Waals surface area contributed by atoms with Gasteiger partial charge in [0, 0.05) is 13.1 Å². The van der Waals surface area contributed by atoms with Gasteiger partial charge in [0.25, 0.3) is 0 Å². The molecule has 0 saturated carbocycles. The zero-order valence-corrected chi connectivity index (χ0v) is 11.2. The van der Waals surface area contributed by atoms with Crippen molar-refractivity contribution in [2.75, 3.05) is 18.0 Å². The lowest BCUT2D eigenvalue weighted by molar-refractivity contribution is -0.141. The molecule has 1 atom stereocenters. The second-order valence-corrected chi connectivity index (χ2v) is 5.17. The highest BCUT2D eigenvalue weighted by atomic mass is 19.4. The fourth-order valence-electron chi connectivity index (χ4n) is 2.44. The Labute approximate surface area is 115 Å². The molecule has 1 unspecified atom stereocenters. The van der Waals surface area contributed by atoms with Crippen molar-refractivity contribution in [3.8, 4) is 0 Å². The van der Waals surface area contributed by atoms with Crippen LogP contribution in [0.3, 0.4) is 0 Å². The van der Waals surface area contributed by atoms with Crippen molar-refractivity contribution in [2.24, 2.45) is 11.7 Å². The van der Waals surface area contributed by atoms with Crippen LogP contribution in [0, 0.1) is 11.3 Å². The largest absolute Gasteiger partial charge is 0.433 e. The van der Waals surface area contributed by atoms with E-state index in [1.54, 1.807) is 4.90 Å². The third-order valence-corrected chi connectivity index (χ3v) is 3.41. The van der Waals surface area contributed by atoms with Gasteiger partial charge in [-0.3, -0.25) is 5.41 Å². The Morgan fingerprint density at radius 2 is 2.15 bits per heavy atom. The highest BCUT2D eigenvalue weighted by molar-refractivity contribution is 5.99. The number of hydrogen-bond donors (Lipinski definition) is 2. The molecule has 7 heteroatoms. The number of nitrogen functional groups attached to an aromatic ring is 1. The van der Waals surface area contributed by atoms with E-state index in [0.29, 0.717) is 19.0 Å². The van der Waals surface area contributed by atoms with Crippen molar-refractivity contribution < 1.29 is 13.2 Å². The van der Waals surface area contributed by atoms with Gasteiger partial charge in [0.05, 0.1) is 5.56 Å². The zero-order chi connectivity index (χ0) is 14.9. The highest BCUT2D eigenvalue weighted by Crippen LogP contribution is 2.31. The summed E-state index contributed by atoms with van der Waals surface area (Å²) in [4.78, 5) is 5.50. The molecule has 0 aromatic carbocycles. The third-order valence-electron chi connectivity index (χ3n) is 3.41. The minimum absolute atomic E-state index is 0.166. The number of piperidine rings is 1. The minimum Gasteiger partial charge on any atom is -0.384 e. The number of halogens is 3.